The second-order valence-corrected chi connectivity index (χ2v) is 7.44. The predicted octanol–water partition coefficient (Wildman–Crippen LogP) is 2.62. The van der Waals surface area contributed by atoms with Crippen molar-refractivity contribution in [1.82, 2.24) is 15.2 Å². The minimum Gasteiger partial charge on any atom is -0.474 e. The van der Waals surface area contributed by atoms with Gasteiger partial charge in [0.1, 0.15) is 6.61 Å². The summed E-state index contributed by atoms with van der Waals surface area (Å²) >= 11 is 1.98. The van der Waals surface area contributed by atoms with Crippen molar-refractivity contribution in [2.75, 3.05) is 39.0 Å². The molecular weight excluding hydrogens is 430 g/mol. The molecule has 1 aromatic rings. The van der Waals surface area contributed by atoms with E-state index < -0.39 is 5.82 Å². The summed E-state index contributed by atoms with van der Waals surface area (Å²) in [6.07, 6.45) is 1.51. The molecule has 1 aliphatic rings. The molecule has 1 aliphatic heterocycles. The summed E-state index contributed by atoms with van der Waals surface area (Å²) in [5.74, 6) is 1.54. The van der Waals surface area contributed by atoms with E-state index in [9.17, 15) is 4.39 Å². The Balaban J connectivity index is 0.00000264. The van der Waals surface area contributed by atoms with Gasteiger partial charge >= 0.3 is 0 Å². The molecule has 8 heteroatoms. The van der Waals surface area contributed by atoms with Crippen LogP contribution in [-0.4, -0.2) is 59.6 Å². The maximum atomic E-state index is 13.4. The average Bonchev–Trinajstić information content (AvgIpc) is 2.48. The van der Waals surface area contributed by atoms with E-state index in [4.69, 9.17) is 4.74 Å². The second-order valence-electron chi connectivity index (χ2n) is 5.64. The molecule has 0 saturated carbocycles. The lowest BCUT2D eigenvalue weighted by Crippen LogP contribution is -2.51. The van der Waals surface area contributed by atoms with Crippen molar-refractivity contribution in [3.05, 3.63) is 24.1 Å². The van der Waals surface area contributed by atoms with Gasteiger partial charge < -0.3 is 15.0 Å². The molecule has 0 unspecified atom stereocenters. The number of aromatic nitrogens is 1. The van der Waals surface area contributed by atoms with E-state index in [-0.39, 0.29) is 34.6 Å². The Labute approximate surface area is 158 Å². The van der Waals surface area contributed by atoms with Crippen molar-refractivity contribution in [2.45, 2.75) is 18.6 Å². The van der Waals surface area contributed by atoms with E-state index in [0.717, 1.165) is 24.8 Å². The number of nitrogens with zero attached hydrogens (tertiary/aromatic N) is 3. The Hall–Kier alpha value is -0.770. The highest BCUT2D eigenvalue weighted by Crippen LogP contribution is 2.29. The number of thioether (sulfide) groups is 1. The fourth-order valence-electron chi connectivity index (χ4n) is 2.32. The third kappa shape index (κ3) is 6.33. The number of rotatable bonds is 4. The molecule has 5 nitrogen and oxygen atoms in total. The Kier molecular flexibility index (Phi) is 8.38. The fraction of sp³-hybridized carbons (Fsp3) is 0.600. The largest absolute Gasteiger partial charge is 0.474 e. The topological polar surface area (TPSA) is 49.8 Å². The number of hydrogen-bond donors (Lipinski definition) is 1. The zero-order valence-electron chi connectivity index (χ0n) is 13.7. The molecule has 0 atom stereocenters. The normalized spacial score (nSPS) is 17.4. The van der Waals surface area contributed by atoms with Gasteiger partial charge in [0.2, 0.25) is 5.88 Å². The third-order valence-electron chi connectivity index (χ3n) is 3.29. The Morgan fingerprint density at radius 1 is 1.57 bits per heavy atom. The zero-order valence-corrected chi connectivity index (χ0v) is 16.9. The number of halogens is 2. The molecule has 1 N–H and O–H groups in total. The molecule has 1 aromatic heterocycles. The number of nitrogens with one attached hydrogen (secondary N) is 1. The zero-order chi connectivity index (χ0) is 16.0. The minimum absolute atomic E-state index is 0. The number of guanidine groups is 1. The summed E-state index contributed by atoms with van der Waals surface area (Å²) in [6.45, 7) is 7.29. The first-order chi connectivity index (χ1) is 10.5. The molecule has 2 rings (SSSR count). The van der Waals surface area contributed by atoms with Crippen LogP contribution < -0.4 is 10.1 Å². The summed E-state index contributed by atoms with van der Waals surface area (Å²) in [4.78, 5) is 10.4. The smallest absolute Gasteiger partial charge is 0.250 e. The minimum atomic E-state index is -0.443. The van der Waals surface area contributed by atoms with Crippen molar-refractivity contribution in [3.63, 3.8) is 0 Å². The molecule has 0 aliphatic carbocycles. The lowest BCUT2D eigenvalue weighted by molar-refractivity contribution is 0.289. The molecular formula is C15H24FIN4OS. The predicted molar refractivity (Wildman–Crippen MR) is 105 cm³/mol. The Bertz CT molecular complexity index is 530. The number of hydrogen-bond acceptors (Lipinski definition) is 4. The molecule has 0 amide bonds. The monoisotopic (exact) mass is 454 g/mol. The first-order valence-electron chi connectivity index (χ1n) is 7.35. The quantitative estimate of drug-likeness (QED) is 0.328. The van der Waals surface area contributed by atoms with E-state index in [2.05, 4.69) is 34.0 Å². The van der Waals surface area contributed by atoms with Gasteiger partial charge in [-0.15, -0.1) is 24.0 Å². The number of aliphatic imine (C=N–C) groups is 1. The first kappa shape index (κ1) is 20.3. The van der Waals surface area contributed by atoms with Gasteiger partial charge in [-0.2, -0.15) is 11.8 Å². The Morgan fingerprint density at radius 2 is 2.35 bits per heavy atom. The van der Waals surface area contributed by atoms with Gasteiger partial charge in [-0.3, -0.25) is 4.99 Å². The van der Waals surface area contributed by atoms with Gasteiger partial charge in [0.05, 0.1) is 6.54 Å². The van der Waals surface area contributed by atoms with Crippen LogP contribution in [-0.2, 0) is 0 Å². The van der Waals surface area contributed by atoms with Gasteiger partial charge in [-0.1, -0.05) is 0 Å². The van der Waals surface area contributed by atoms with E-state index in [1.807, 2.05) is 11.8 Å². The molecule has 0 bridgehead atoms. The molecule has 130 valence electrons. The van der Waals surface area contributed by atoms with Gasteiger partial charge in [-0.25, -0.2) is 9.37 Å². The van der Waals surface area contributed by atoms with Crippen LogP contribution in [0.3, 0.4) is 0 Å². The van der Waals surface area contributed by atoms with Gasteiger partial charge in [0, 0.05) is 36.8 Å². The van der Waals surface area contributed by atoms with Crippen molar-refractivity contribution >= 4 is 41.7 Å². The SMILES string of the molecule is CN=C(NCCOc1ncccc1F)N1CCSC(C)(C)C1.I. The highest BCUT2D eigenvalue weighted by molar-refractivity contribution is 14.0. The van der Waals surface area contributed by atoms with Crippen LogP contribution in [0.2, 0.25) is 0 Å². The highest BCUT2D eigenvalue weighted by Gasteiger charge is 2.28. The molecule has 1 saturated heterocycles. The van der Waals surface area contributed by atoms with Crippen LogP contribution in [0.1, 0.15) is 13.8 Å². The van der Waals surface area contributed by atoms with E-state index in [1.165, 1.54) is 12.3 Å². The first-order valence-corrected chi connectivity index (χ1v) is 8.33. The molecule has 2 heterocycles. The van der Waals surface area contributed by atoms with E-state index in [1.54, 1.807) is 13.1 Å². The molecule has 23 heavy (non-hydrogen) atoms. The summed E-state index contributed by atoms with van der Waals surface area (Å²) < 4.78 is 18.9. The summed E-state index contributed by atoms with van der Waals surface area (Å²) in [5, 5.41) is 3.26. The van der Waals surface area contributed by atoms with Crippen LogP contribution in [0.25, 0.3) is 0 Å². The lowest BCUT2D eigenvalue weighted by Gasteiger charge is -2.39. The fourth-order valence-corrected chi connectivity index (χ4v) is 3.43. The highest BCUT2D eigenvalue weighted by atomic mass is 127. The molecule has 1 fully saturated rings. The summed E-state index contributed by atoms with van der Waals surface area (Å²) in [5.41, 5.74) is 0. The summed E-state index contributed by atoms with van der Waals surface area (Å²) in [6, 6.07) is 2.88. The maximum absolute atomic E-state index is 13.4. The van der Waals surface area contributed by atoms with Crippen molar-refractivity contribution in [2.24, 2.45) is 4.99 Å². The van der Waals surface area contributed by atoms with Crippen molar-refractivity contribution in [1.29, 1.82) is 0 Å². The van der Waals surface area contributed by atoms with Crippen LogP contribution in [0.15, 0.2) is 23.3 Å². The van der Waals surface area contributed by atoms with E-state index >= 15 is 0 Å². The maximum Gasteiger partial charge on any atom is 0.250 e. The average molecular weight is 454 g/mol. The number of ether oxygens (including phenoxy) is 1. The van der Waals surface area contributed by atoms with Gasteiger partial charge in [0.15, 0.2) is 11.8 Å². The van der Waals surface area contributed by atoms with Crippen molar-refractivity contribution < 1.29 is 9.13 Å². The Morgan fingerprint density at radius 3 is 3.00 bits per heavy atom. The standard InChI is InChI=1S/C15H23FN4OS.HI/c1-15(2)11-20(8-10-22-15)14(17-3)19-7-9-21-13-12(16)5-4-6-18-13;/h4-6H,7-11H2,1-3H3,(H,17,19);1H. The second kappa shape index (κ2) is 9.51. The van der Waals surface area contributed by atoms with E-state index in [0.29, 0.717) is 13.2 Å². The van der Waals surface area contributed by atoms with Crippen LogP contribution in [0.5, 0.6) is 5.88 Å². The molecule has 0 aromatic carbocycles. The van der Waals surface area contributed by atoms with Gasteiger partial charge in [0.25, 0.3) is 0 Å². The molecule has 0 spiro atoms. The van der Waals surface area contributed by atoms with Crippen molar-refractivity contribution in [3.8, 4) is 5.88 Å². The van der Waals surface area contributed by atoms with Gasteiger partial charge in [-0.05, 0) is 26.0 Å². The number of pyridine rings is 1. The molecule has 0 radical (unpaired) electrons. The van der Waals surface area contributed by atoms with Crippen LogP contribution >= 0.6 is 35.7 Å². The van der Waals surface area contributed by atoms with Crippen LogP contribution in [0.4, 0.5) is 4.39 Å². The van der Waals surface area contributed by atoms with Crippen LogP contribution in [0, 0.1) is 5.82 Å². The summed E-state index contributed by atoms with van der Waals surface area (Å²) in [7, 11) is 1.77. The lowest BCUT2D eigenvalue weighted by atomic mass is 10.2. The third-order valence-corrected chi connectivity index (χ3v) is 4.58.